The molecule has 1 aromatic heterocycles. The Hall–Kier alpha value is -4.29. The second kappa shape index (κ2) is 11.3. The number of nitrogens with zero attached hydrogens (tertiary/aromatic N) is 1. The summed E-state index contributed by atoms with van der Waals surface area (Å²) in [6.07, 6.45) is 9.35. The van der Waals surface area contributed by atoms with Crippen LogP contribution in [0.3, 0.4) is 0 Å². The summed E-state index contributed by atoms with van der Waals surface area (Å²) >= 11 is 0. The Morgan fingerprint density at radius 3 is 2.63 bits per heavy atom. The molecule has 1 N–H and O–H groups in total. The first kappa shape index (κ1) is 26.9. The first-order valence-corrected chi connectivity index (χ1v) is 14.0. The molecule has 2 aliphatic rings. The van der Waals surface area contributed by atoms with Crippen molar-refractivity contribution < 1.29 is 18.6 Å². The lowest BCUT2D eigenvalue weighted by Crippen LogP contribution is -2.43. The Kier molecular flexibility index (Phi) is 7.41. The Labute approximate surface area is 240 Å². The molecule has 6 heteroatoms. The molecule has 41 heavy (non-hydrogen) atoms. The molecule has 2 atom stereocenters. The number of hydrogen-bond donors (Lipinski definition) is 1. The van der Waals surface area contributed by atoms with Crippen LogP contribution < -0.4 is 14.2 Å². The van der Waals surface area contributed by atoms with Crippen LogP contribution in [0.2, 0.25) is 0 Å². The fourth-order valence-electron chi connectivity index (χ4n) is 6.27. The summed E-state index contributed by atoms with van der Waals surface area (Å²) in [5.74, 6) is 2.08. The monoisotopic (exact) mass is 550 g/mol. The first-order chi connectivity index (χ1) is 20.0. The molecular formula is C35H35FN2O3. The van der Waals surface area contributed by atoms with Crippen molar-refractivity contribution in [2.45, 2.75) is 31.8 Å². The second-order valence-electron chi connectivity index (χ2n) is 10.7. The molecule has 0 bridgehead atoms. The average Bonchev–Trinajstić information content (AvgIpc) is 3.36. The number of aromatic amines is 1. The number of H-pyrrole nitrogens is 1. The van der Waals surface area contributed by atoms with Gasteiger partial charge < -0.3 is 19.2 Å². The van der Waals surface area contributed by atoms with Gasteiger partial charge in [0.1, 0.15) is 18.2 Å². The topological polar surface area (TPSA) is 46.7 Å². The Bertz CT molecular complexity index is 1650. The first-order valence-electron chi connectivity index (χ1n) is 14.0. The number of nitrogens with one attached hydrogen (secondary N) is 1. The number of allylic oxidation sites excluding steroid dienone is 4. The Balaban J connectivity index is 1.42. The number of methoxy groups -OCH3 is 2. The van der Waals surface area contributed by atoms with Gasteiger partial charge in [0.2, 0.25) is 0 Å². The number of fused-ring (bicyclic) bond motifs is 6. The molecule has 2 aliphatic heterocycles. The molecule has 4 aromatic rings. The van der Waals surface area contributed by atoms with Gasteiger partial charge in [0.05, 0.1) is 20.3 Å². The predicted molar refractivity (Wildman–Crippen MR) is 162 cm³/mol. The van der Waals surface area contributed by atoms with E-state index in [9.17, 15) is 4.39 Å². The standard InChI is InChI=1S/C35H35FN2O3/c1-5-6-7-8-22(2)21-41-33-17-24-15-16-38-31(27(24)20-32(33)40-4)19-29-28-18-26(39-3)13-14-30(28)37-34(29)35(38)23-9-11-25(36)12-10-23/h5-14,17-18,20,31,35,37H,1,15-16,19,21H2,2-4H3/b7-6-,22-8+. The van der Waals surface area contributed by atoms with Crippen molar-refractivity contribution >= 4 is 10.9 Å². The SMILES string of the molecule is C=C/C=C\C=C(/C)COc1cc2c(cc1OC)C1Cc3c([nH]c4ccc(OC)cc34)C(c3ccc(F)cc3)N1CC2. The zero-order valence-corrected chi connectivity index (χ0v) is 23.7. The van der Waals surface area contributed by atoms with Gasteiger partial charge in [-0.05, 0) is 90.1 Å². The third-order valence-electron chi connectivity index (χ3n) is 8.24. The normalized spacial score (nSPS) is 18.6. The second-order valence-corrected chi connectivity index (χ2v) is 10.7. The van der Waals surface area contributed by atoms with Gasteiger partial charge in [-0.2, -0.15) is 0 Å². The van der Waals surface area contributed by atoms with E-state index in [0.29, 0.717) is 6.61 Å². The summed E-state index contributed by atoms with van der Waals surface area (Å²) in [5, 5.41) is 1.16. The van der Waals surface area contributed by atoms with E-state index in [-0.39, 0.29) is 17.9 Å². The molecule has 2 unspecified atom stereocenters. The van der Waals surface area contributed by atoms with Crippen molar-refractivity contribution in [3.05, 3.63) is 125 Å². The zero-order chi connectivity index (χ0) is 28.5. The molecule has 5 nitrogen and oxygen atoms in total. The summed E-state index contributed by atoms with van der Waals surface area (Å²) in [7, 11) is 3.39. The quantitative estimate of drug-likeness (QED) is 0.229. The summed E-state index contributed by atoms with van der Waals surface area (Å²) < 4.78 is 31.6. The summed E-state index contributed by atoms with van der Waals surface area (Å²) in [6.45, 7) is 7.10. The van der Waals surface area contributed by atoms with E-state index in [1.54, 1.807) is 32.4 Å². The highest BCUT2D eigenvalue weighted by Crippen LogP contribution is 2.50. The minimum atomic E-state index is -0.231. The van der Waals surface area contributed by atoms with Gasteiger partial charge in [-0.25, -0.2) is 4.39 Å². The Morgan fingerprint density at radius 2 is 1.88 bits per heavy atom. The largest absolute Gasteiger partial charge is 0.497 e. The van der Waals surface area contributed by atoms with E-state index < -0.39 is 0 Å². The van der Waals surface area contributed by atoms with Crippen LogP contribution in [0.25, 0.3) is 10.9 Å². The van der Waals surface area contributed by atoms with Crippen molar-refractivity contribution in [1.29, 1.82) is 0 Å². The molecule has 6 rings (SSSR count). The smallest absolute Gasteiger partial charge is 0.161 e. The molecule has 0 fully saturated rings. The van der Waals surface area contributed by atoms with Gasteiger partial charge in [0.15, 0.2) is 11.5 Å². The number of hydrogen-bond acceptors (Lipinski definition) is 4. The molecule has 210 valence electrons. The fourth-order valence-corrected chi connectivity index (χ4v) is 6.27. The highest BCUT2D eigenvalue weighted by molar-refractivity contribution is 5.87. The van der Waals surface area contributed by atoms with E-state index in [4.69, 9.17) is 14.2 Å². The lowest BCUT2D eigenvalue weighted by atomic mass is 9.80. The van der Waals surface area contributed by atoms with Gasteiger partial charge in [-0.15, -0.1) is 0 Å². The summed E-state index contributed by atoms with van der Waals surface area (Å²) in [6, 6.07) is 17.5. The van der Waals surface area contributed by atoms with E-state index in [1.165, 1.54) is 22.4 Å². The van der Waals surface area contributed by atoms with Gasteiger partial charge in [-0.1, -0.05) is 43.0 Å². The number of ether oxygens (including phenoxy) is 3. The number of rotatable bonds is 8. The van der Waals surface area contributed by atoms with Crippen LogP contribution >= 0.6 is 0 Å². The van der Waals surface area contributed by atoms with Crippen LogP contribution in [0.1, 0.15) is 47.0 Å². The van der Waals surface area contributed by atoms with Crippen LogP contribution in [-0.2, 0) is 12.8 Å². The van der Waals surface area contributed by atoms with Crippen LogP contribution in [0.5, 0.6) is 17.2 Å². The molecule has 3 aromatic carbocycles. The van der Waals surface area contributed by atoms with Crippen LogP contribution in [0.15, 0.2) is 91.1 Å². The van der Waals surface area contributed by atoms with Crippen molar-refractivity contribution in [1.82, 2.24) is 9.88 Å². The van der Waals surface area contributed by atoms with Crippen LogP contribution in [0.4, 0.5) is 4.39 Å². The highest BCUT2D eigenvalue weighted by atomic mass is 19.1. The average molecular weight is 551 g/mol. The molecule has 0 spiro atoms. The zero-order valence-electron chi connectivity index (χ0n) is 23.7. The van der Waals surface area contributed by atoms with Crippen LogP contribution in [0, 0.1) is 5.82 Å². The molecule has 3 heterocycles. The third-order valence-corrected chi connectivity index (χ3v) is 8.24. The fraction of sp³-hybridized carbons (Fsp3) is 0.257. The predicted octanol–water partition coefficient (Wildman–Crippen LogP) is 7.64. The molecule has 0 saturated heterocycles. The van der Waals surface area contributed by atoms with E-state index in [1.807, 2.05) is 43.4 Å². The lowest BCUT2D eigenvalue weighted by molar-refractivity contribution is 0.127. The van der Waals surface area contributed by atoms with Crippen molar-refractivity contribution in [2.24, 2.45) is 0 Å². The summed E-state index contributed by atoms with van der Waals surface area (Å²) in [4.78, 5) is 6.26. The molecule has 0 aliphatic carbocycles. The van der Waals surface area contributed by atoms with Gasteiger partial charge in [0, 0.05) is 29.2 Å². The van der Waals surface area contributed by atoms with E-state index in [0.717, 1.165) is 58.7 Å². The summed E-state index contributed by atoms with van der Waals surface area (Å²) in [5.41, 5.74) is 8.21. The van der Waals surface area contributed by atoms with Gasteiger partial charge in [-0.3, -0.25) is 4.90 Å². The number of benzene rings is 3. The number of aromatic nitrogens is 1. The molecule has 0 saturated carbocycles. The maximum Gasteiger partial charge on any atom is 0.161 e. The molecular weight excluding hydrogens is 515 g/mol. The Morgan fingerprint density at radius 1 is 1.05 bits per heavy atom. The molecule has 0 radical (unpaired) electrons. The van der Waals surface area contributed by atoms with Gasteiger partial charge in [0.25, 0.3) is 0 Å². The lowest BCUT2D eigenvalue weighted by Gasteiger charge is -2.46. The maximum atomic E-state index is 14.0. The van der Waals surface area contributed by atoms with Crippen LogP contribution in [-0.4, -0.2) is 37.3 Å². The van der Waals surface area contributed by atoms with Crippen molar-refractivity contribution in [3.63, 3.8) is 0 Å². The van der Waals surface area contributed by atoms with E-state index >= 15 is 0 Å². The minimum Gasteiger partial charge on any atom is -0.497 e. The molecule has 0 amide bonds. The highest BCUT2D eigenvalue weighted by Gasteiger charge is 2.41. The van der Waals surface area contributed by atoms with Crippen molar-refractivity contribution in [2.75, 3.05) is 27.4 Å². The third kappa shape index (κ3) is 5.04. The number of halogens is 1. The van der Waals surface area contributed by atoms with E-state index in [2.05, 4.69) is 40.7 Å². The maximum absolute atomic E-state index is 14.0. The van der Waals surface area contributed by atoms with Crippen molar-refractivity contribution in [3.8, 4) is 17.2 Å². The van der Waals surface area contributed by atoms with Gasteiger partial charge >= 0.3 is 0 Å². The minimum absolute atomic E-state index is 0.0331.